The van der Waals surface area contributed by atoms with Crippen LogP contribution in [0.5, 0.6) is 0 Å². The number of rotatable bonds is 2. The van der Waals surface area contributed by atoms with Crippen molar-refractivity contribution >= 4 is 17.1 Å². The van der Waals surface area contributed by atoms with Crippen LogP contribution in [-0.4, -0.2) is 5.78 Å². The highest BCUT2D eigenvalue weighted by atomic mass is 32.1. The van der Waals surface area contributed by atoms with Gasteiger partial charge in [-0.3, -0.25) is 4.79 Å². The molecule has 0 aliphatic heterocycles. The fraction of sp³-hybridized carbons (Fsp3) is 0.154. The van der Waals surface area contributed by atoms with Crippen molar-refractivity contribution in [1.29, 1.82) is 0 Å². The first-order chi connectivity index (χ1) is 8.00. The molecule has 2 rings (SSSR count). The van der Waals surface area contributed by atoms with Crippen molar-refractivity contribution in [2.75, 3.05) is 0 Å². The lowest BCUT2D eigenvalue weighted by molar-refractivity contribution is 0.103. The molecule has 1 aromatic heterocycles. The van der Waals surface area contributed by atoms with Crippen LogP contribution in [-0.2, 0) is 0 Å². The fourth-order valence-electron chi connectivity index (χ4n) is 1.55. The third-order valence-corrected chi connectivity index (χ3v) is 3.58. The van der Waals surface area contributed by atoms with E-state index in [-0.39, 0.29) is 11.1 Å². The van der Waals surface area contributed by atoms with Crippen molar-refractivity contribution in [1.82, 2.24) is 0 Å². The molecule has 0 saturated carbocycles. The molecule has 0 radical (unpaired) electrons. The topological polar surface area (TPSA) is 17.1 Å². The second-order valence-electron chi connectivity index (χ2n) is 3.84. The molecule has 1 nitrogen and oxygen atoms in total. The highest BCUT2D eigenvalue weighted by Crippen LogP contribution is 2.23. The Morgan fingerprint density at radius 1 is 1.12 bits per heavy atom. The van der Waals surface area contributed by atoms with Crippen LogP contribution in [0.3, 0.4) is 0 Å². The van der Waals surface area contributed by atoms with Crippen molar-refractivity contribution in [2.45, 2.75) is 13.8 Å². The Kier molecular flexibility index (Phi) is 3.07. The maximum atomic E-state index is 13.6. The number of benzene rings is 1. The number of carbonyl (C=O) groups excluding carboxylic acids is 1. The third-order valence-electron chi connectivity index (χ3n) is 2.56. The molecule has 0 N–H and O–H groups in total. The molecule has 0 fully saturated rings. The van der Waals surface area contributed by atoms with E-state index in [9.17, 15) is 13.6 Å². The van der Waals surface area contributed by atoms with Crippen LogP contribution < -0.4 is 0 Å². The Bertz CT molecular complexity index is 587. The summed E-state index contributed by atoms with van der Waals surface area (Å²) in [7, 11) is 0. The first-order valence-corrected chi connectivity index (χ1v) is 5.93. The maximum absolute atomic E-state index is 13.6. The van der Waals surface area contributed by atoms with Gasteiger partial charge < -0.3 is 0 Å². The van der Waals surface area contributed by atoms with E-state index < -0.39 is 17.4 Å². The normalized spacial score (nSPS) is 10.6. The van der Waals surface area contributed by atoms with Crippen molar-refractivity contribution < 1.29 is 13.6 Å². The van der Waals surface area contributed by atoms with Gasteiger partial charge in [-0.1, -0.05) is 0 Å². The first kappa shape index (κ1) is 11.9. The number of carbonyl (C=O) groups is 1. The SMILES string of the molecule is Cc1cc(F)c(C(=O)c2sccc2C)cc1F. The Morgan fingerprint density at radius 3 is 2.41 bits per heavy atom. The van der Waals surface area contributed by atoms with Gasteiger partial charge in [0.2, 0.25) is 5.78 Å². The lowest BCUT2D eigenvalue weighted by Crippen LogP contribution is -2.05. The molecule has 4 heteroatoms. The van der Waals surface area contributed by atoms with Gasteiger partial charge in [-0.2, -0.15) is 0 Å². The Labute approximate surface area is 102 Å². The molecule has 0 amide bonds. The monoisotopic (exact) mass is 252 g/mol. The minimum absolute atomic E-state index is 0.196. The molecule has 0 aliphatic rings. The molecule has 0 aliphatic carbocycles. The summed E-state index contributed by atoms with van der Waals surface area (Å²) in [4.78, 5) is 12.5. The summed E-state index contributed by atoms with van der Waals surface area (Å²) >= 11 is 1.23. The predicted octanol–water partition coefficient (Wildman–Crippen LogP) is 3.87. The third kappa shape index (κ3) is 2.13. The minimum Gasteiger partial charge on any atom is -0.288 e. The Balaban J connectivity index is 2.52. The first-order valence-electron chi connectivity index (χ1n) is 5.05. The van der Waals surface area contributed by atoms with Gasteiger partial charge in [0.25, 0.3) is 0 Å². The minimum atomic E-state index is -0.679. The summed E-state index contributed by atoms with van der Waals surface area (Å²) in [5, 5.41) is 1.75. The van der Waals surface area contributed by atoms with Crippen molar-refractivity contribution in [3.8, 4) is 0 Å². The van der Waals surface area contributed by atoms with Crippen LogP contribution >= 0.6 is 11.3 Å². The van der Waals surface area contributed by atoms with Gasteiger partial charge in [0.15, 0.2) is 0 Å². The van der Waals surface area contributed by atoms with Gasteiger partial charge in [-0.15, -0.1) is 11.3 Å². The highest BCUT2D eigenvalue weighted by molar-refractivity contribution is 7.12. The molecule has 88 valence electrons. The Hall–Kier alpha value is -1.55. The van der Waals surface area contributed by atoms with E-state index in [2.05, 4.69) is 0 Å². The number of thiophene rings is 1. The lowest BCUT2D eigenvalue weighted by atomic mass is 10.0. The molecule has 17 heavy (non-hydrogen) atoms. The van der Waals surface area contributed by atoms with Crippen molar-refractivity contribution in [2.24, 2.45) is 0 Å². The molecule has 0 bridgehead atoms. The van der Waals surface area contributed by atoms with Gasteiger partial charge in [-0.25, -0.2) is 8.78 Å². The van der Waals surface area contributed by atoms with Gasteiger partial charge in [0.05, 0.1) is 10.4 Å². The zero-order valence-corrected chi connectivity index (χ0v) is 10.2. The van der Waals surface area contributed by atoms with Crippen LogP contribution in [0.2, 0.25) is 0 Å². The fourth-order valence-corrected chi connectivity index (χ4v) is 2.43. The molecule has 0 spiro atoms. The smallest absolute Gasteiger partial charge is 0.206 e. The maximum Gasteiger partial charge on any atom is 0.206 e. The Morgan fingerprint density at radius 2 is 1.82 bits per heavy atom. The second-order valence-corrected chi connectivity index (χ2v) is 4.76. The van der Waals surface area contributed by atoms with E-state index in [0.29, 0.717) is 4.88 Å². The highest BCUT2D eigenvalue weighted by Gasteiger charge is 2.18. The van der Waals surface area contributed by atoms with Crippen LogP contribution in [0.1, 0.15) is 26.4 Å². The van der Waals surface area contributed by atoms with Gasteiger partial charge in [0.1, 0.15) is 11.6 Å². The molecule has 0 unspecified atom stereocenters. The standard InChI is InChI=1S/C13H10F2OS/c1-7-3-4-17-13(7)12(16)9-6-10(14)8(2)5-11(9)15/h3-6H,1-2H3. The number of halogens is 2. The van der Waals surface area contributed by atoms with E-state index in [1.807, 2.05) is 0 Å². The van der Waals surface area contributed by atoms with E-state index in [4.69, 9.17) is 0 Å². The molecular formula is C13H10F2OS. The summed E-state index contributed by atoms with van der Waals surface area (Å²) < 4.78 is 27.0. The molecule has 0 atom stereocenters. The summed E-state index contributed by atoms with van der Waals surface area (Å²) in [6, 6.07) is 3.79. The summed E-state index contributed by atoms with van der Waals surface area (Å²) in [6.45, 7) is 3.23. The summed E-state index contributed by atoms with van der Waals surface area (Å²) in [5.41, 5.74) is 0.765. The zero-order chi connectivity index (χ0) is 12.6. The average molecular weight is 252 g/mol. The lowest BCUT2D eigenvalue weighted by Gasteiger charge is -2.04. The van der Waals surface area contributed by atoms with Crippen molar-refractivity contribution in [3.05, 3.63) is 56.8 Å². The zero-order valence-electron chi connectivity index (χ0n) is 9.38. The molecular weight excluding hydrogens is 242 g/mol. The van der Waals surface area contributed by atoms with Crippen LogP contribution in [0.15, 0.2) is 23.6 Å². The molecule has 0 saturated heterocycles. The van der Waals surface area contributed by atoms with Crippen LogP contribution in [0.4, 0.5) is 8.78 Å². The predicted molar refractivity (Wildman–Crippen MR) is 63.6 cm³/mol. The quantitative estimate of drug-likeness (QED) is 0.741. The summed E-state index contributed by atoms with van der Waals surface area (Å²) in [6.07, 6.45) is 0. The largest absolute Gasteiger partial charge is 0.288 e. The number of aryl methyl sites for hydroxylation is 2. The van der Waals surface area contributed by atoms with Gasteiger partial charge in [-0.05, 0) is 48.6 Å². The van der Waals surface area contributed by atoms with Crippen LogP contribution in [0.25, 0.3) is 0 Å². The second kappa shape index (κ2) is 4.37. The molecule has 1 heterocycles. The van der Waals surface area contributed by atoms with E-state index >= 15 is 0 Å². The average Bonchev–Trinajstić information content (AvgIpc) is 2.69. The van der Waals surface area contributed by atoms with E-state index in [0.717, 1.165) is 17.7 Å². The van der Waals surface area contributed by atoms with Gasteiger partial charge >= 0.3 is 0 Å². The van der Waals surface area contributed by atoms with Crippen molar-refractivity contribution in [3.63, 3.8) is 0 Å². The summed E-state index contributed by atoms with van der Waals surface area (Å²) in [5.74, 6) is -1.71. The van der Waals surface area contributed by atoms with Crippen LogP contribution in [0, 0.1) is 25.5 Å². The van der Waals surface area contributed by atoms with Gasteiger partial charge in [0, 0.05) is 0 Å². The number of hydrogen-bond acceptors (Lipinski definition) is 2. The molecule has 2 aromatic rings. The molecule has 1 aromatic carbocycles. The number of hydrogen-bond donors (Lipinski definition) is 0. The number of ketones is 1. The van der Waals surface area contributed by atoms with E-state index in [1.165, 1.54) is 18.3 Å². The van der Waals surface area contributed by atoms with E-state index in [1.54, 1.807) is 18.4 Å².